The molecule has 0 radical (unpaired) electrons. The maximum absolute atomic E-state index is 10.6. The summed E-state index contributed by atoms with van der Waals surface area (Å²) in [6, 6.07) is 6.04. The van der Waals surface area contributed by atoms with Crippen molar-refractivity contribution in [2.75, 3.05) is 5.33 Å². The minimum atomic E-state index is -0.585. The molecule has 5 heteroatoms. The molecule has 15 heavy (non-hydrogen) atoms. The Labute approximate surface area is 94.8 Å². The minimum Gasteiger partial charge on any atom is -0.258 e. The van der Waals surface area contributed by atoms with Crippen molar-refractivity contribution in [1.29, 1.82) is 5.26 Å². The molecule has 0 aliphatic heterocycles. The van der Waals surface area contributed by atoms with E-state index in [1.54, 1.807) is 12.1 Å². The molecule has 0 aromatic heterocycles. The minimum absolute atomic E-state index is 0.0457. The first-order chi connectivity index (χ1) is 7.19. The predicted molar refractivity (Wildman–Crippen MR) is 58.5 cm³/mol. The van der Waals surface area contributed by atoms with Gasteiger partial charge in [-0.1, -0.05) is 27.8 Å². The number of halogens is 1. The number of hydrogen-bond acceptors (Lipinski definition) is 3. The molecule has 0 aliphatic rings. The molecule has 0 saturated carbocycles. The van der Waals surface area contributed by atoms with E-state index in [1.807, 2.05) is 0 Å². The zero-order chi connectivity index (χ0) is 11.3. The van der Waals surface area contributed by atoms with Gasteiger partial charge in [-0.05, 0) is 12.1 Å². The molecule has 1 aromatic carbocycles. The van der Waals surface area contributed by atoms with E-state index in [0.717, 1.165) is 0 Å². The zero-order valence-electron chi connectivity index (χ0n) is 7.53. The van der Waals surface area contributed by atoms with E-state index >= 15 is 0 Å². The molecule has 0 fully saturated rings. The lowest BCUT2D eigenvalue weighted by Crippen LogP contribution is -1.92. The largest absolute Gasteiger partial charge is 0.288 e. The fraction of sp³-hybridized carbons (Fsp3) is 0.100. The summed E-state index contributed by atoms with van der Waals surface area (Å²) in [5.74, 6) is 5.46. The molecule has 0 unspecified atom stereocenters. The fourth-order valence-electron chi connectivity index (χ4n) is 0.990. The van der Waals surface area contributed by atoms with Gasteiger partial charge in [-0.25, -0.2) is 0 Å². The van der Waals surface area contributed by atoms with Gasteiger partial charge in [0.15, 0.2) is 0 Å². The van der Waals surface area contributed by atoms with Crippen LogP contribution in [0.4, 0.5) is 5.69 Å². The van der Waals surface area contributed by atoms with Crippen LogP contribution in [0.15, 0.2) is 18.2 Å². The van der Waals surface area contributed by atoms with E-state index in [9.17, 15) is 10.1 Å². The number of alkyl halides is 1. The Hall–Kier alpha value is -1.85. The normalized spacial score (nSPS) is 8.53. The van der Waals surface area contributed by atoms with Gasteiger partial charge in [0.25, 0.3) is 5.69 Å². The van der Waals surface area contributed by atoms with Gasteiger partial charge in [-0.2, -0.15) is 5.26 Å². The maximum Gasteiger partial charge on any atom is 0.288 e. The number of nitriles is 1. The van der Waals surface area contributed by atoms with Crippen LogP contribution < -0.4 is 0 Å². The smallest absolute Gasteiger partial charge is 0.258 e. The summed E-state index contributed by atoms with van der Waals surface area (Å²) in [7, 11) is 0. The number of hydrogen-bond donors (Lipinski definition) is 0. The summed E-state index contributed by atoms with van der Waals surface area (Å²) in [4.78, 5) is 10.0. The Morgan fingerprint density at radius 3 is 2.80 bits per heavy atom. The second-order valence-corrected chi connectivity index (χ2v) is 3.10. The Balaban J connectivity index is 3.23. The molecular formula is C10H5BrN2O2. The van der Waals surface area contributed by atoms with Crippen molar-refractivity contribution in [3.63, 3.8) is 0 Å². The van der Waals surface area contributed by atoms with Gasteiger partial charge >= 0.3 is 0 Å². The van der Waals surface area contributed by atoms with Crippen molar-refractivity contribution in [3.05, 3.63) is 39.4 Å². The lowest BCUT2D eigenvalue weighted by Gasteiger charge is -1.94. The Morgan fingerprint density at radius 2 is 2.27 bits per heavy atom. The number of rotatable bonds is 1. The van der Waals surface area contributed by atoms with Gasteiger partial charge in [0, 0.05) is 11.6 Å². The predicted octanol–water partition coefficient (Wildman–Crippen LogP) is 2.21. The molecule has 1 rings (SSSR count). The average molecular weight is 265 g/mol. The topological polar surface area (TPSA) is 66.9 Å². The third-order valence-electron chi connectivity index (χ3n) is 1.61. The molecule has 0 saturated heterocycles. The zero-order valence-corrected chi connectivity index (χ0v) is 9.11. The van der Waals surface area contributed by atoms with E-state index in [-0.39, 0.29) is 11.3 Å². The van der Waals surface area contributed by atoms with Crippen molar-refractivity contribution >= 4 is 21.6 Å². The van der Waals surface area contributed by atoms with Crippen LogP contribution in [0.1, 0.15) is 11.1 Å². The lowest BCUT2D eigenvalue weighted by atomic mass is 10.1. The molecule has 0 N–H and O–H groups in total. The molecule has 4 nitrogen and oxygen atoms in total. The molecule has 0 spiro atoms. The van der Waals surface area contributed by atoms with Crippen LogP contribution in [0, 0.1) is 33.3 Å². The highest BCUT2D eigenvalue weighted by atomic mass is 79.9. The molecule has 0 bridgehead atoms. The van der Waals surface area contributed by atoms with Crippen molar-refractivity contribution in [1.82, 2.24) is 0 Å². The summed E-state index contributed by atoms with van der Waals surface area (Å²) >= 11 is 3.12. The number of nitrogens with zero attached hydrogens (tertiary/aromatic N) is 2. The SMILES string of the molecule is N#Cc1ccc(C#CCBr)cc1[N+](=O)[O-]. The second kappa shape index (κ2) is 5.14. The molecule has 0 atom stereocenters. The van der Waals surface area contributed by atoms with Crippen molar-refractivity contribution in [3.8, 4) is 17.9 Å². The Kier molecular flexibility index (Phi) is 3.84. The lowest BCUT2D eigenvalue weighted by molar-refractivity contribution is -0.385. The Bertz CT molecular complexity index is 494. The summed E-state index contributed by atoms with van der Waals surface area (Å²) in [5.41, 5.74) is 0.364. The van der Waals surface area contributed by atoms with Gasteiger partial charge < -0.3 is 0 Å². The molecule has 0 aliphatic carbocycles. The van der Waals surface area contributed by atoms with E-state index in [0.29, 0.717) is 10.9 Å². The fourth-order valence-corrected chi connectivity index (χ4v) is 1.13. The average Bonchev–Trinajstić information content (AvgIpc) is 2.25. The van der Waals surface area contributed by atoms with Gasteiger partial charge in [-0.3, -0.25) is 10.1 Å². The molecule has 0 heterocycles. The van der Waals surface area contributed by atoms with Gasteiger partial charge in [0.1, 0.15) is 11.6 Å². The summed E-state index contributed by atoms with van der Waals surface area (Å²) in [5, 5.41) is 19.7. The summed E-state index contributed by atoms with van der Waals surface area (Å²) < 4.78 is 0. The first-order valence-electron chi connectivity index (χ1n) is 3.92. The number of nitro benzene ring substituents is 1. The molecule has 74 valence electrons. The summed E-state index contributed by atoms with van der Waals surface area (Å²) in [6.07, 6.45) is 0. The molecular weight excluding hydrogens is 260 g/mol. The van der Waals surface area contributed by atoms with E-state index in [1.165, 1.54) is 12.1 Å². The standard InChI is InChI=1S/C10H5BrN2O2/c11-5-1-2-8-3-4-9(7-12)10(6-8)13(14)15/h3-4,6H,5H2. The van der Waals surface area contributed by atoms with Crippen molar-refractivity contribution < 1.29 is 4.92 Å². The third-order valence-corrected chi connectivity index (χ3v) is 1.89. The first-order valence-corrected chi connectivity index (χ1v) is 5.04. The third kappa shape index (κ3) is 2.80. The summed E-state index contributed by atoms with van der Waals surface area (Å²) in [6.45, 7) is 0. The van der Waals surface area contributed by atoms with Gasteiger partial charge in [0.05, 0.1) is 10.3 Å². The van der Waals surface area contributed by atoms with Gasteiger partial charge in [-0.15, -0.1) is 0 Å². The highest BCUT2D eigenvalue weighted by Gasteiger charge is 2.13. The van der Waals surface area contributed by atoms with Crippen molar-refractivity contribution in [2.24, 2.45) is 0 Å². The van der Waals surface area contributed by atoms with E-state index in [2.05, 4.69) is 27.8 Å². The van der Waals surface area contributed by atoms with Crippen LogP contribution in [0.3, 0.4) is 0 Å². The number of benzene rings is 1. The van der Waals surface area contributed by atoms with Gasteiger partial charge in [0.2, 0.25) is 0 Å². The van der Waals surface area contributed by atoms with E-state index in [4.69, 9.17) is 5.26 Å². The highest BCUT2D eigenvalue weighted by molar-refractivity contribution is 9.09. The van der Waals surface area contributed by atoms with Crippen LogP contribution >= 0.6 is 15.9 Å². The van der Waals surface area contributed by atoms with Crippen LogP contribution in [-0.4, -0.2) is 10.3 Å². The molecule has 0 amide bonds. The van der Waals surface area contributed by atoms with E-state index < -0.39 is 4.92 Å². The molecule has 1 aromatic rings. The van der Waals surface area contributed by atoms with Crippen LogP contribution in [0.25, 0.3) is 0 Å². The first kappa shape index (κ1) is 11.2. The second-order valence-electron chi connectivity index (χ2n) is 2.54. The van der Waals surface area contributed by atoms with Crippen molar-refractivity contribution in [2.45, 2.75) is 0 Å². The number of nitro groups is 1. The highest BCUT2D eigenvalue weighted by Crippen LogP contribution is 2.18. The quantitative estimate of drug-likeness (QED) is 0.338. The monoisotopic (exact) mass is 264 g/mol. The van der Waals surface area contributed by atoms with Crippen LogP contribution in [0.5, 0.6) is 0 Å². The van der Waals surface area contributed by atoms with Crippen LogP contribution in [0.2, 0.25) is 0 Å². The maximum atomic E-state index is 10.6. The Morgan fingerprint density at radius 1 is 1.53 bits per heavy atom. The van der Waals surface area contributed by atoms with Crippen LogP contribution in [-0.2, 0) is 0 Å².